The van der Waals surface area contributed by atoms with Crippen molar-refractivity contribution in [2.24, 2.45) is 5.41 Å². The molecule has 0 aliphatic heterocycles. The summed E-state index contributed by atoms with van der Waals surface area (Å²) >= 11 is 0. The normalized spacial score (nSPS) is 22.2. The van der Waals surface area contributed by atoms with Gasteiger partial charge in [-0.05, 0) is 64.5 Å². The molecule has 1 aliphatic carbocycles. The lowest BCUT2D eigenvalue weighted by molar-refractivity contribution is -0.146. The molecule has 5 unspecified atom stereocenters. The highest BCUT2D eigenvalue weighted by atomic mass is 16.5. The molecule has 0 spiro atoms. The highest BCUT2D eigenvalue weighted by Crippen LogP contribution is 2.40. The molecule has 0 heterocycles. The number of aliphatic hydroxyl groups excluding tert-OH is 5. The fraction of sp³-hybridized carbons (Fsp3) is 0.447. The topological polar surface area (TPSA) is 127 Å². The van der Waals surface area contributed by atoms with Gasteiger partial charge < -0.3 is 30.3 Å². The Morgan fingerprint density at radius 1 is 0.800 bits per heavy atom. The zero-order chi connectivity index (χ0) is 34.2. The van der Waals surface area contributed by atoms with Gasteiger partial charge in [0.25, 0.3) is 0 Å². The first-order chi connectivity index (χ1) is 21.1. The van der Waals surface area contributed by atoms with E-state index in [1.54, 1.807) is 6.92 Å². The molecule has 5 N–H and O–H groups in total. The summed E-state index contributed by atoms with van der Waals surface area (Å²) in [7, 11) is 0. The Bertz CT molecular complexity index is 1280. The van der Waals surface area contributed by atoms with Crippen LogP contribution in [0.2, 0.25) is 0 Å². The maximum atomic E-state index is 13.1. The number of carbonyl (C=O) groups excluding carboxylic acids is 1. The zero-order valence-corrected chi connectivity index (χ0v) is 28.1. The molecule has 0 aromatic heterocycles. The summed E-state index contributed by atoms with van der Waals surface area (Å²) in [5, 5.41) is 48.5. The van der Waals surface area contributed by atoms with E-state index in [0.717, 1.165) is 22.3 Å². The Morgan fingerprint density at radius 2 is 1.27 bits per heavy atom. The van der Waals surface area contributed by atoms with Crippen LogP contribution in [0, 0.1) is 5.41 Å². The van der Waals surface area contributed by atoms with Crippen LogP contribution in [0.3, 0.4) is 0 Å². The Balaban J connectivity index is 2.82. The first-order valence-corrected chi connectivity index (χ1v) is 15.4. The van der Waals surface area contributed by atoms with Crippen molar-refractivity contribution in [3.63, 3.8) is 0 Å². The second kappa shape index (κ2) is 20.1. The molecule has 0 amide bonds. The van der Waals surface area contributed by atoms with Crippen LogP contribution in [-0.4, -0.2) is 75.0 Å². The molecule has 5 atom stereocenters. The SMILES string of the molecule is C/C=C/C(C)=C/C=C/C(C)=C/C=C/C=C(C)/C=C/C=C(C)/C=C/C1=C(C)C(=O)C(OCC(O)C(O)C(O)C(O)CO)CC1(C)C. The maximum Gasteiger partial charge on any atom is 0.187 e. The third-order valence-corrected chi connectivity index (χ3v) is 7.49. The van der Waals surface area contributed by atoms with Crippen molar-refractivity contribution in [1.29, 1.82) is 0 Å². The van der Waals surface area contributed by atoms with Gasteiger partial charge >= 0.3 is 0 Å². The zero-order valence-electron chi connectivity index (χ0n) is 28.1. The molecule has 248 valence electrons. The van der Waals surface area contributed by atoms with Crippen molar-refractivity contribution in [2.45, 2.75) is 92.3 Å². The minimum Gasteiger partial charge on any atom is -0.394 e. The monoisotopic (exact) mass is 622 g/mol. The molecule has 1 aliphatic rings. The van der Waals surface area contributed by atoms with E-state index in [0.29, 0.717) is 12.0 Å². The smallest absolute Gasteiger partial charge is 0.187 e. The van der Waals surface area contributed by atoms with Gasteiger partial charge in [0.2, 0.25) is 0 Å². The van der Waals surface area contributed by atoms with Crippen molar-refractivity contribution < 1.29 is 35.1 Å². The Labute approximate surface area is 270 Å². The van der Waals surface area contributed by atoms with E-state index < -0.39 is 49.1 Å². The second-order valence-corrected chi connectivity index (χ2v) is 12.2. The highest BCUT2D eigenvalue weighted by molar-refractivity contribution is 6.00. The van der Waals surface area contributed by atoms with Gasteiger partial charge in [-0.15, -0.1) is 0 Å². The lowest BCUT2D eigenvalue weighted by Gasteiger charge is -2.37. The van der Waals surface area contributed by atoms with Crippen molar-refractivity contribution in [2.75, 3.05) is 13.2 Å². The van der Waals surface area contributed by atoms with Crippen LogP contribution in [0.4, 0.5) is 0 Å². The lowest BCUT2D eigenvalue weighted by Crippen LogP contribution is -2.48. The van der Waals surface area contributed by atoms with E-state index in [1.165, 1.54) is 5.57 Å². The van der Waals surface area contributed by atoms with E-state index in [2.05, 4.69) is 38.2 Å². The molecule has 0 aromatic carbocycles. The van der Waals surface area contributed by atoms with Gasteiger partial charge in [-0.1, -0.05) is 121 Å². The van der Waals surface area contributed by atoms with Gasteiger partial charge in [-0.3, -0.25) is 4.79 Å². The second-order valence-electron chi connectivity index (χ2n) is 12.2. The predicted octanol–water partition coefficient (Wildman–Crippen LogP) is 5.71. The summed E-state index contributed by atoms with van der Waals surface area (Å²) < 4.78 is 5.66. The van der Waals surface area contributed by atoms with Crippen LogP contribution in [-0.2, 0) is 9.53 Å². The Kier molecular flexibility index (Phi) is 17.8. The first kappa shape index (κ1) is 39.9. The van der Waals surface area contributed by atoms with Gasteiger partial charge in [-0.25, -0.2) is 0 Å². The number of carbonyl (C=O) groups is 1. The van der Waals surface area contributed by atoms with Crippen LogP contribution in [0.5, 0.6) is 0 Å². The molecule has 0 bridgehead atoms. The summed E-state index contributed by atoms with van der Waals surface area (Å²) in [5.74, 6) is -0.209. The van der Waals surface area contributed by atoms with Gasteiger partial charge in [0.05, 0.1) is 13.2 Å². The van der Waals surface area contributed by atoms with E-state index in [-0.39, 0.29) is 5.78 Å². The molecular weight excluding hydrogens is 568 g/mol. The molecule has 0 fully saturated rings. The number of Topliss-reactive ketones (excluding diaryl/α,β-unsaturated/α-hetero) is 1. The number of ketones is 1. The predicted molar refractivity (Wildman–Crippen MR) is 183 cm³/mol. The van der Waals surface area contributed by atoms with Gasteiger partial charge in [0.15, 0.2) is 5.78 Å². The van der Waals surface area contributed by atoms with E-state index in [1.807, 2.05) is 95.4 Å². The Hall–Kier alpha value is -3.17. The number of ether oxygens (including phenoxy) is 1. The average molecular weight is 623 g/mol. The van der Waals surface area contributed by atoms with Crippen LogP contribution in [0.1, 0.15) is 61.8 Å². The van der Waals surface area contributed by atoms with Gasteiger partial charge in [0, 0.05) is 0 Å². The summed E-state index contributed by atoms with van der Waals surface area (Å²) in [6, 6.07) is 0. The molecule has 45 heavy (non-hydrogen) atoms. The van der Waals surface area contributed by atoms with E-state index >= 15 is 0 Å². The fourth-order valence-electron chi connectivity index (χ4n) is 4.73. The van der Waals surface area contributed by atoms with Crippen molar-refractivity contribution >= 4 is 5.78 Å². The number of hydrogen-bond donors (Lipinski definition) is 5. The van der Waals surface area contributed by atoms with Crippen LogP contribution < -0.4 is 0 Å². The van der Waals surface area contributed by atoms with Gasteiger partial charge in [-0.2, -0.15) is 0 Å². The summed E-state index contributed by atoms with van der Waals surface area (Å²) in [4.78, 5) is 13.1. The van der Waals surface area contributed by atoms with E-state index in [9.17, 15) is 25.2 Å². The minimum atomic E-state index is -1.75. The van der Waals surface area contributed by atoms with Crippen LogP contribution >= 0.6 is 0 Å². The summed E-state index contributed by atoms with van der Waals surface area (Å²) in [6.45, 7) is 14.8. The third-order valence-electron chi connectivity index (χ3n) is 7.49. The fourth-order valence-corrected chi connectivity index (χ4v) is 4.73. The van der Waals surface area contributed by atoms with Crippen molar-refractivity contribution in [3.05, 3.63) is 119 Å². The van der Waals surface area contributed by atoms with E-state index in [4.69, 9.17) is 9.84 Å². The molecule has 0 aromatic rings. The molecule has 0 saturated carbocycles. The first-order valence-electron chi connectivity index (χ1n) is 15.4. The molecular formula is C38H54O7. The van der Waals surface area contributed by atoms with Crippen molar-refractivity contribution in [1.82, 2.24) is 0 Å². The van der Waals surface area contributed by atoms with Crippen molar-refractivity contribution in [3.8, 4) is 0 Å². The summed E-state index contributed by atoms with van der Waals surface area (Å²) in [5.41, 5.74) is 5.54. The largest absolute Gasteiger partial charge is 0.394 e. The minimum absolute atomic E-state index is 0.209. The van der Waals surface area contributed by atoms with Crippen LogP contribution in [0.15, 0.2) is 119 Å². The number of hydrogen-bond acceptors (Lipinski definition) is 7. The standard InChI is InChI=1S/C38H54O7/c1-9-14-26(2)17-12-18-27(3)15-10-11-16-28(4)19-13-20-29(5)21-22-31-30(6)35(42)34(23-38(31,7)8)45-25-33(41)37(44)36(43)32(40)24-39/h9-22,32-34,36-37,39-41,43-44H,23-25H2,1-8H3/b11-10+,14-9+,18-12+,19-13+,22-21+,26-17+,27-15+,28-16+,29-20+. The number of rotatable bonds is 16. The summed E-state index contributed by atoms with van der Waals surface area (Å²) in [6.07, 6.45) is 21.3. The molecule has 1 rings (SSSR count). The molecule has 7 nitrogen and oxygen atoms in total. The van der Waals surface area contributed by atoms with Gasteiger partial charge in [0.1, 0.15) is 30.5 Å². The number of allylic oxidation sites excluding steroid dienone is 19. The van der Waals surface area contributed by atoms with Crippen LogP contribution in [0.25, 0.3) is 0 Å². The quantitative estimate of drug-likeness (QED) is 0.140. The number of aliphatic hydroxyl groups is 5. The molecule has 0 saturated heterocycles. The Morgan fingerprint density at radius 3 is 1.78 bits per heavy atom. The molecule has 7 heteroatoms. The maximum absolute atomic E-state index is 13.1. The molecule has 0 radical (unpaired) electrons. The highest BCUT2D eigenvalue weighted by Gasteiger charge is 2.39. The lowest BCUT2D eigenvalue weighted by atomic mass is 9.71. The average Bonchev–Trinajstić information content (AvgIpc) is 2.98. The third kappa shape index (κ3) is 14.2.